The number of nitrogens with one attached hydrogen (secondary N) is 1. The first kappa shape index (κ1) is 21.8. The fourth-order valence-electron chi connectivity index (χ4n) is 3.10. The van der Waals surface area contributed by atoms with Crippen LogP contribution in [0.2, 0.25) is 0 Å². The molecule has 1 aliphatic rings. The van der Waals surface area contributed by atoms with Gasteiger partial charge in [-0.25, -0.2) is 13.4 Å². The fourth-order valence-corrected chi connectivity index (χ4v) is 4.42. The molecule has 1 aromatic carbocycles. The van der Waals surface area contributed by atoms with Crippen molar-refractivity contribution in [2.24, 2.45) is 0 Å². The molecule has 0 bridgehead atoms. The predicted molar refractivity (Wildman–Crippen MR) is 109 cm³/mol. The summed E-state index contributed by atoms with van der Waals surface area (Å²) in [6.45, 7) is -1.44. The highest BCUT2D eigenvalue weighted by atomic mass is 32.2. The van der Waals surface area contributed by atoms with Crippen molar-refractivity contribution in [2.75, 3.05) is 18.9 Å². The third-order valence-corrected chi connectivity index (χ3v) is 6.52. The Bertz CT molecular complexity index is 1090. The minimum Gasteiger partial charge on any atom is -0.435 e. The Morgan fingerprint density at radius 2 is 2.03 bits per heavy atom. The lowest BCUT2D eigenvalue weighted by Crippen LogP contribution is -2.36. The summed E-state index contributed by atoms with van der Waals surface area (Å²) in [5.74, 6) is -0.134. The van der Waals surface area contributed by atoms with E-state index < -0.39 is 22.5 Å². The van der Waals surface area contributed by atoms with Gasteiger partial charge < -0.3 is 10.1 Å². The van der Waals surface area contributed by atoms with Gasteiger partial charge in [-0.15, -0.1) is 0 Å². The zero-order chi connectivity index (χ0) is 21.9. The third-order valence-electron chi connectivity index (χ3n) is 4.59. The van der Waals surface area contributed by atoms with Crippen LogP contribution >= 0.6 is 0 Å². The molecule has 2 aromatic rings. The molecule has 160 valence electrons. The highest BCUT2D eigenvalue weighted by Gasteiger charge is 2.28. The second kappa shape index (κ2) is 8.88. The number of hydrogen-bond acceptors (Lipinski definition) is 5. The van der Waals surface area contributed by atoms with Crippen LogP contribution in [-0.4, -0.2) is 43.8 Å². The maximum Gasteiger partial charge on any atom is 0.387 e. The van der Waals surface area contributed by atoms with Gasteiger partial charge in [0.05, 0.1) is 11.4 Å². The van der Waals surface area contributed by atoms with E-state index in [1.807, 2.05) is 6.92 Å². The zero-order valence-corrected chi connectivity index (χ0v) is 17.2. The second-order valence-corrected chi connectivity index (χ2v) is 8.98. The standard InChI is InChI=1S/C20H21F2N3O4S/c1-13-7-8-23-18(9-13)24-19(26)12-25(2)30(27,28)17-6-4-14-10-16(29-20(21)22)5-3-15(14)11-17/h3,5,7-11,20H,4,6,12H2,1-2H3,(H,23,24,26). The van der Waals surface area contributed by atoms with Crippen molar-refractivity contribution in [2.45, 2.75) is 26.4 Å². The summed E-state index contributed by atoms with van der Waals surface area (Å²) in [5, 5.41) is 2.58. The number of ether oxygens (including phenoxy) is 1. The summed E-state index contributed by atoms with van der Waals surface area (Å²) < 4.78 is 55.9. The van der Waals surface area contributed by atoms with Crippen LogP contribution in [0.3, 0.4) is 0 Å². The number of benzene rings is 1. The topological polar surface area (TPSA) is 88.6 Å². The van der Waals surface area contributed by atoms with Crippen molar-refractivity contribution in [3.63, 3.8) is 0 Å². The molecule has 1 N–H and O–H groups in total. The number of alkyl halides is 2. The number of aryl methyl sites for hydroxylation is 2. The van der Waals surface area contributed by atoms with Gasteiger partial charge in [-0.1, -0.05) is 6.07 Å². The van der Waals surface area contributed by atoms with Crippen LogP contribution in [0.4, 0.5) is 14.6 Å². The lowest BCUT2D eigenvalue weighted by atomic mass is 9.97. The average molecular weight is 437 g/mol. The highest BCUT2D eigenvalue weighted by molar-refractivity contribution is 7.93. The van der Waals surface area contributed by atoms with Gasteiger partial charge in [0.2, 0.25) is 15.9 Å². The Hall–Kier alpha value is -2.85. The highest BCUT2D eigenvalue weighted by Crippen LogP contribution is 2.31. The van der Waals surface area contributed by atoms with E-state index in [1.54, 1.807) is 18.3 Å². The van der Waals surface area contributed by atoms with Crippen LogP contribution in [0.1, 0.15) is 23.1 Å². The molecule has 0 aliphatic heterocycles. The third kappa shape index (κ3) is 5.19. The lowest BCUT2D eigenvalue weighted by molar-refractivity contribution is -0.116. The van der Waals surface area contributed by atoms with E-state index in [0.29, 0.717) is 17.8 Å². The van der Waals surface area contributed by atoms with E-state index in [9.17, 15) is 22.0 Å². The van der Waals surface area contributed by atoms with Gasteiger partial charge >= 0.3 is 6.61 Å². The summed E-state index contributed by atoms with van der Waals surface area (Å²) in [5.41, 5.74) is 2.25. The number of sulfonamides is 1. The average Bonchev–Trinajstić information content (AvgIpc) is 2.66. The Balaban J connectivity index is 1.71. The number of nitrogens with zero attached hydrogens (tertiary/aromatic N) is 2. The number of fused-ring (bicyclic) bond motifs is 1. The number of rotatable bonds is 7. The number of aromatic nitrogens is 1. The maximum absolute atomic E-state index is 12.9. The van der Waals surface area contributed by atoms with E-state index in [2.05, 4.69) is 15.0 Å². The van der Waals surface area contributed by atoms with Gasteiger partial charge in [0.15, 0.2) is 0 Å². The number of amides is 1. The van der Waals surface area contributed by atoms with Gasteiger partial charge in [-0.2, -0.15) is 13.1 Å². The van der Waals surface area contributed by atoms with Crippen LogP contribution < -0.4 is 10.1 Å². The normalized spacial score (nSPS) is 13.7. The molecule has 0 radical (unpaired) electrons. The Labute approximate surface area is 173 Å². The first-order valence-corrected chi connectivity index (χ1v) is 10.6. The molecule has 30 heavy (non-hydrogen) atoms. The van der Waals surface area contributed by atoms with E-state index >= 15 is 0 Å². The summed E-state index contributed by atoms with van der Waals surface area (Å²) >= 11 is 0. The van der Waals surface area contributed by atoms with E-state index in [-0.39, 0.29) is 23.6 Å². The summed E-state index contributed by atoms with van der Waals surface area (Å²) in [6.07, 6.45) is 3.59. The zero-order valence-electron chi connectivity index (χ0n) is 16.4. The molecule has 10 heteroatoms. The van der Waals surface area contributed by atoms with Gasteiger partial charge in [-0.3, -0.25) is 4.79 Å². The molecule has 1 amide bonds. The van der Waals surface area contributed by atoms with Gasteiger partial charge in [-0.05, 0) is 66.8 Å². The molecule has 0 saturated carbocycles. The molecular weight excluding hydrogens is 416 g/mol. The molecule has 1 aliphatic carbocycles. The van der Waals surface area contributed by atoms with Crippen LogP contribution in [0.5, 0.6) is 5.75 Å². The van der Waals surface area contributed by atoms with Crippen LogP contribution in [0.25, 0.3) is 6.08 Å². The molecule has 0 spiro atoms. The first-order chi connectivity index (χ1) is 14.1. The summed E-state index contributed by atoms with van der Waals surface area (Å²) in [7, 11) is -2.54. The van der Waals surface area contributed by atoms with Crippen molar-refractivity contribution < 1.29 is 26.7 Å². The second-order valence-electron chi connectivity index (χ2n) is 6.88. The number of likely N-dealkylation sites (N-methyl/N-ethyl adjacent to an activating group) is 1. The van der Waals surface area contributed by atoms with E-state index in [1.165, 1.54) is 31.3 Å². The Morgan fingerprint density at radius 1 is 1.27 bits per heavy atom. The van der Waals surface area contributed by atoms with Crippen molar-refractivity contribution in [3.8, 4) is 5.75 Å². The van der Waals surface area contributed by atoms with Gasteiger partial charge in [0.25, 0.3) is 0 Å². The van der Waals surface area contributed by atoms with E-state index in [4.69, 9.17) is 0 Å². The molecular formula is C20H21F2N3O4S. The first-order valence-electron chi connectivity index (χ1n) is 9.12. The van der Waals surface area contributed by atoms with Gasteiger partial charge in [0.1, 0.15) is 11.6 Å². The van der Waals surface area contributed by atoms with Crippen molar-refractivity contribution in [3.05, 3.63) is 58.1 Å². The fraction of sp³-hybridized carbons (Fsp3) is 0.300. The van der Waals surface area contributed by atoms with Crippen molar-refractivity contribution in [1.29, 1.82) is 0 Å². The monoisotopic (exact) mass is 437 g/mol. The van der Waals surface area contributed by atoms with E-state index in [0.717, 1.165) is 15.4 Å². The molecule has 0 saturated heterocycles. The summed E-state index contributed by atoms with van der Waals surface area (Å²) in [4.78, 5) is 16.4. The molecule has 0 unspecified atom stereocenters. The predicted octanol–water partition coefficient (Wildman–Crippen LogP) is 3.18. The quantitative estimate of drug-likeness (QED) is 0.719. The molecule has 3 rings (SSSR count). The number of hydrogen-bond donors (Lipinski definition) is 1. The molecule has 1 aromatic heterocycles. The minimum atomic E-state index is -3.87. The largest absolute Gasteiger partial charge is 0.435 e. The maximum atomic E-state index is 12.9. The Kier molecular flexibility index (Phi) is 6.47. The number of pyridine rings is 1. The number of halogens is 2. The van der Waals surface area contributed by atoms with Crippen LogP contribution in [-0.2, 0) is 21.2 Å². The van der Waals surface area contributed by atoms with Crippen molar-refractivity contribution in [1.82, 2.24) is 9.29 Å². The van der Waals surface area contributed by atoms with Crippen molar-refractivity contribution >= 4 is 27.8 Å². The number of carbonyl (C=O) groups is 1. The van der Waals surface area contributed by atoms with Crippen LogP contribution in [0.15, 0.2) is 41.4 Å². The SMILES string of the molecule is Cc1ccnc(NC(=O)CN(C)S(=O)(=O)C2=Cc3ccc(OC(F)F)cc3CC2)c1. The van der Waals surface area contributed by atoms with Gasteiger partial charge in [0, 0.05) is 13.2 Å². The smallest absolute Gasteiger partial charge is 0.387 e. The Morgan fingerprint density at radius 3 is 2.73 bits per heavy atom. The lowest BCUT2D eigenvalue weighted by Gasteiger charge is -2.22. The number of carbonyl (C=O) groups excluding carboxylic acids is 1. The molecule has 0 atom stereocenters. The number of allylic oxidation sites excluding steroid dienone is 1. The molecule has 7 nitrogen and oxygen atoms in total. The number of anilines is 1. The molecule has 1 heterocycles. The summed E-state index contributed by atoms with van der Waals surface area (Å²) in [6, 6.07) is 7.84. The minimum absolute atomic E-state index is 0.0296. The van der Waals surface area contributed by atoms with Crippen LogP contribution in [0, 0.1) is 6.92 Å². The molecule has 0 fully saturated rings.